The van der Waals surface area contributed by atoms with Gasteiger partial charge >= 0.3 is 5.97 Å². The molecule has 10 nitrogen and oxygen atoms in total. The summed E-state index contributed by atoms with van der Waals surface area (Å²) in [5.41, 5.74) is 5.62. The summed E-state index contributed by atoms with van der Waals surface area (Å²) >= 11 is 1.47. The maximum absolute atomic E-state index is 12.8. The molecule has 28 heavy (non-hydrogen) atoms. The number of aliphatic hydroxyl groups excluding tert-OH is 1. The molecule has 0 aromatic carbocycles. The fourth-order valence-corrected chi connectivity index (χ4v) is 2.69. The molecule has 0 radical (unpaired) electrons. The molecular weight excluding hydrogens is 388 g/mol. The molecule has 162 valence electrons. The number of carboxylic acid groups (broad SMARTS) is 1. The third-order valence-corrected chi connectivity index (χ3v) is 4.92. The number of nitrogens with two attached hydrogens (primary N) is 1. The summed E-state index contributed by atoms with van der Waals surface area (Å²) < 4.78 is 0. The van der Waals surface area contributed by atoms with Crippen LogP contribution >= 0.6 is 11.8 Å². The van der Waals surface area contributed by atoms with Crippen LogP contribution in [0.1, 0.15) is 33.6 Å². The molecule has 0 fully saturated rings. The Hall–Kier alpha value is -1.85. The molecule has 0 bridgehead atoms. The average Bonchev–Trinajstić information content (AvgIpc) is 2.65. The number of hydrogen-bond acceptors (Lipinski definition) is 7. The van der Waals surface area contributed by atoms with Gasteiger partial charge in [0.2, 0.25) is 17.7 Å². The molecule has 0 aliphatic rings. The van der Waals surface area contributed by atoms with Crippen molar-refractivity contribution in [1.82, 2.24) is 16.0 Å². The van der Waals surface area contributed by atoms with Crippen molar-refractivity contribution in [2.24, 2.45) is 11.7 Å². The molecule has 0 aromatic heterocycles. The SMILES string of the molecule is CCC(C)C(NC(=O)C(N)C(C)O)C(=O)NC(CCSC)C(=O)NCC(=O)O. The van der Waals surface area contributed by atoms with E-state index in [9.17, 15) is 24.3 Å². The Morgan fingerprint density at radius 2 is 1.68 bits per heavy atom. The van der Waals surface area contributed by atoms with E-state index in [1.165, 1.54) is 18.7 Å². The Morgan fingerprint density at radius 1 is 1.07 bits per heavy atom. The van der Waals surface area contributed by atoms with E-state index >= 15 is 0 Å². The molecular formula is C17H32N4O6S. The molecule has 0 spiro atoms. The van der Waals surface area contributed by atoms with Gasteiger partial charge in [0.1, 0.15) is 24.7 Å². The number of aliphatic hydroxyl groups is 1. The van der Waals surface area contributed by atoms with Crippen LogP contribution in [-0.4, -0.2) is 76.7 Å². The minimum atomic E-state index is -1.19. The van der Waals surface area contributed by atoms with Crippen LogP contribution in [0, 0.1) is 5.92 Å². The number of carbonyl (C=O) groups excluding carboxylic acids is 3. The standard InChI is InChI=1S/C17H32N4O6S/c1-5-9(2)14(21-16(26)13(18)10(3)22)17(27)20-11(6-7-28-4)15(25)19-8-12(23)24/h9-11,13-14,22H,5-8,18H2,1-4H3,(H,19,25)(H,20,27)(H,21,26)(H,23,24). The molecule has 5 atom stereocenters. The zero-order chi connectivity index (χ0) is 21.9. The first-order valence-corrected chi connectivity index (χ1v) is 10.5. The Kier molecular flexibility index (Phi) is 12.5. The molecule has 7 N–H and O–H groups in total. The van der Waals surface area contributed by atoms with Crippen molar-refractivity contribution in [2.45, 2.75) is 57.8 Å². The van der Waals surface area contributed by atoms with Gasteiger partial charge in [0.25, 0.3) is 0 Å². The summed E-state index contributed by atoms with van der Waals surface area (Å²) in [7, 11) is 0. The first kappa shape index (κ1) is 26.1. The number of rotatable bonds is 13. The quantitative estimate of drug-likeness (QED) is 0.213. The lowest BCUT2D eigenvalue weighted by atomic mass is 9.97. The summed E-state index contributed by atoms with van der Waals surface area (Å²) in [6.07, 6.45) is 1.63. The average molecular weight is 421 g/mol. The van der Waals surface area contributed by atoms with E-state index in [0.29, 0.717) is 18.6 Å². The smallest absolute Gasteiger partial charge is 0.322 e. The minimum absolute atomic E-state index is 0.256. The number of nitrogens with one attached hydrogen (secondary N) is 3. The van der Waals surface area contributed by atoms with Crippen LogP contribution in [0.5, 0.6) is 0 Å². The summed E-state index contributed by atoms with van der Waals surface area (Å²) in [4.78, 5) is 47.8. The van der Waals surface area contributed by atoms with Gasteiger partial charge in [0.05, 0.1) is 6.10 Å². The highest BCUT2D eigenvalue weighted by molar-refractivity contribution is 7.98. The number of carboxylic acids is 1. The van der Waals surface area contributed by atoms with Crippen molar-refractivity contribution in [3.05, 3.63) is 0 Å². The number of amides is 3. The largest absolute Gasteiger partial charge is 0.480 e. The van der Waals surface area contributed by atoms with Gasteiger partial charge in [-0.15, -0.1) is 0 Å². The van der Waals surface area contributed by atoms with Gasteiger partial charge in [-0.1, -0.05) is 20.3 Å². The van der Waals surface area contributed by atoms with Gasteiger partial charge in [-0.25, -0.2) is 0 Å². The van der Waals surface area contributed by atoms with Gasteiger partial charge in [-0.05, 0) is 31.3 Å². The lowest BCUT2D eigenvalue weighted by Gasteiger charge is -2.27. The predicted octanol–water partition coefficient (Wildman–Crippen LogP) is -1.34. The Balaban J connectivity index is 5.25. The van der Waals surface area contributed by atoms with E-state index in [1.54, 1.807) is 6.92 Å². The normalized spacial score (nSPS) is 16.2. The van der Waals surface area contributed by atoms with Gasteiger partial charge in [0, 0.05) is 0 Å². The maximum Gasteiger partial charge on any atom is 0.322 e. The van der Waals surface area contributed by atoms with Crippen molar-refractivity contribution in [3.8, 4) is 0 Å². The maximum atomic E-state index is 12.8. The van der Waals surface area contributed by atoms with E-state index in [2.05, 4.69) is 16.0 Å². The second-order valence-electron chi connectivity index (χ2n) is 6.59. The van der Waals surface area contributed by atoms with Crippen LogP contribution in [-0.2, 0) is 19.2 Å². The van der Waals surface area contributed by atoms with Gasteiger partial charge < -0.3 is 31.9 Å². The van der Waals surface area contributed by atoms with Crippen molar-refractivity contribution in [1.29, 1.82) is 0 Å². The van der Waals surface area contributed by atoms with Crippen LogP contribution in [0.2, 0.25) is 0 Å². The van der Waals surface area contributed by atoms with Gasteiger partial charge in [-0.3, -0.25) is 19.2 Å². The van der Waals surface area contributed by atoms with Crippen molar-refractivity contribution < 1.29 is 29.4 Å². The molecule has 0 rings (SSSR count). The van der Waals surface area contributed by atoms with Crippen LogP contribution in [0.25, 0.3) is 0 Å². The first-order valence-electron chi connectivity index (χ1n) is 9.07. The second-order valence-corrected chi connectivity index (χ2v) is 7.58. The second kappa shape index (κ2) is 13.3. The van der Waals surface area contributed by atoms with E-state index in [0.717, 1.165) is 0 Å². The van der Waals surface area contributed by atoms with Gasteiger partial charge in [-0.2, -0.15) is 11.8 Å². The number of thioether (sulfide) groups is 1. The number of aliphatic carboxylic acids is 1. The summed E-state index contributed by atoms with van der Waals surface area (Å²) in [5.74, 6) is -2.74. The fourth-order valence-electron chi connectivity index (χ4n) is 2.22. The lowest BCUT2D eigenvalue weighted by molar-refractivity contribution is -0.138. The summed E-state index contributed by atoms with van der Waals surface area (Å²) in [5, 5.41) is 25.5. The Bertz CT molecular complexity index is 546. The van der Waals surface area contributed by atoms with Crippen molar-refractivity contribution in [2.75, 3.05) is 18.6 Å². The molecule has 5 unspecified atom stereocenters. The molecule has 3 amide bonds. The van der Waals surface area contributed by atoms with E-state index < -0.39 is 54.5 Å². The first-order chi connectivity index (χ1) is 13.0. The van der Waals surface area contributed by atoms with Gasteiger partial charge in [0.15, 0.2) is 0 Å². The Labute approximate surface area is 169 Å². The lowest BCUT2D eigenvalue weighted by Crippen LogP contribution is -2.59. The van der Waals surface area contributed by atoms with Crippen LogP contribution in [0.4, 0.5) is 0 Å². The molecule has 0 saturated carbocycles. The zero-order valence-electron chi connectivity index (χ0n) is 16.7. The van der Waals surface area contributed by atoms with Crippen molar-refractivity contribution >= 4 is 35.5 Å². The predicted molar refractivity (Wildman–Crippen MR) is 107 cm³/mol. The number of hydrogen-bond donors (Lipinski definition) is 6. The summed E-state index contributed by atoms with van der Waals surface area (Å²) in [6.45, 7) is 4.42. The number of carbonyl (C=O) groups is 4. The summed E-state index contributed by atoms with van der Waals surface area (Å²) in [6, 6.07) is -3.08. The highest BCUT2D eigenvalue weighted by atomic mass is 32.2. The van der Waals surface area contributed by atoms with Crippen molar-refractivity contribution in [3.63, 3.8) is 0 Å². The molecule has 0 aliphatic heterocycles. The fraction of sp³-hybridized carbons (Fsp3) is 0.765. The zero-order valence-corrected chi connectivity index (χ0v) is 17.5. The monoisotopic (exact) mass is 420 g/mol. The van der Waals surface area contributed by atoms with Crippen LogP contribution in [0.15, 0.2) is 0 Å². The third-order valence-electron chi connectivity index (χ3n) is 4.27. The highest BCUT2D eigenvalue weighted by Gasteiger charge is 2.31. The van der Waals surface area contributed by atoms with Crippen LogP contribution < -0.4 is 21.7 Å². The molecule has 0 saturated heterocycles. The molecule has 0 aromatic rings. The van der Waals surface area contributed by atoms with E-state index in [1.807, 2.05) is 13.2 Å². The minimum Gasteiger partial charge on any atom is -0.480 e. The van der Waals surface area contributed by atoms with Crippen LogP contribution in [0.3, 0.4) is 0 Å². The van der Waals surface area contributed by atoms with E-state index in [-0.39, 0.29) is 5.92 Å². The molecule has 0 heterocycles. The molecule has 0 aliphatic carbocycles. The highest BCUT2D eigenvalue weighted by Crippen LogP contribution is 2.10. The topological polar surface area (TPSA) is 171 Å². The molecule has 11 heteroatoms. The van der Waals surface area contributed by atoms with E-state index in [4.69, 9.17) is 10.8 Å². The Morgan fingerprint density at radius 3 is 2.14 bits per heavy atom. The third kappa shape index (κ3) is 9.38.